The van der Waals surface area contributed by atoms with Gasteiger partial charge >= 0.3 is 0 Å². The van der Waals surface area contributed by atoms with Crippen molar-refractivity contribution in [2.75, 3.05) is 14.2 Å². The quantitative estimate of drug-likeness (QED) is 0.797. The van der Waals surface area contributed by atoms with Gasteiger partial charge in [0.05, 0.1) is 7.11 Å². The molecular weight excluding hydrogens is 198 g/mol. The van der Waals surface area contributed by atoms with Crippen molar-refractivity contribution in [3.63, 3.8) is 0 Å². The Hall–Kier alpha value is -1.02. The molecule has 0 radical (unpaired) electrons. The molecule has 16 heavy (non-hydrogen) atoms. The van der Waals surface area contributed by atoms with E-state index in [0.717, 1.165) is 25.0 Å². The molecule has 1 rings (SSSR count). The maximum atomic E-state index is 5.41. The smallest absolute Gasteiger partial charge is 0.122 e. The fraction of sp³-hybridized carbons (Fsp3) is 0.571. The van der Waals surface area contributed by atoms with Gasteiger partial charge in [0.1, 0.15) is 5.75 Å². The summed E-state index contributed by atoms with van der Waals surface area (Å²) in [6.45, 7) is 4.39. The maximum absolute atomic E-state index is 5.41. The monoisotopic (exact) mass is 221 g/mol. The highest BCUT2D eigenvalue weighted by Crippen LogP contribution is 2.22. The second-order valence-electron chi connectivity index (χ2n) is 4.10. The van der Waals surface area contributed by atoms with Crippen molar-refractivity contribution in [1.82, 2.24) is 5.32 Å². The minimum Gasteiger partial charge on any atom is -0.496 e. The summed E-state index contributed by atoms with van der Waals surface area (Å²) in [5.74, 6) is 1.01. The molecule has 1 aromatic rings. The number of benzene rings is 1. The van der Waals surface area contributed by atoms with Crippen LogP contribution in [0.3, 0.4) is 0 Å². The van der Waals surface area contributed by atoms with Crippen LogP contribution in [0.25, 0.3) is 0 Å². The van der Waals surface area contributed by atoms with E-state index in [1.54, 1.807) is 7.11 Å². The van der Waals surface area contributed by atoms with Crippen molar-refractivity contribution in [3.8, 4) is 5.75 Å². The second-order valence-corrected chi connectivity index (χ2v) is 4.10. The van der Waals surface area contributed by atoms with Crippen molar-refractivity contribution < 1.29 is 4.74 Å². The molecule has 0 spiro atoms. The molecular formula is C14H23NO. The van der Waals surface area contributed by atoms with E-state index >= 15 is 0 Å². The highest BCUT2D eigenvalue weighted by Gasteiger charge is 2.09. The molecule has 0 saturated carbocycles. The number of ether oxygens (including phenoxy) is 1. The van der Waals surface area contributed by atoms with Crippen LogP contribution in [0.2, 0.25) is 0 Å². The van der Waals surface area contributed by atoms with Gasteiger partial charge in [-0.25, -0.2) is 0 Å². The molecule has 0 heterocycles. The Morgan fingerprint density at radius 1 is 1.31 bits per heavy atom. The Morgan fingerprint density at radius 3 is 2.56 bits per heavy atom. The lowest BCUT2D eigenvalue weighted by molar-refractivity contribution is 0.405. The molecule has 0 aliphatic rings. The van der Waals surface area contributed by atoms with Crippen molar-refractivity contribution in [2.45, 2.75) is 39.2 Å². The summed E-state index contributed by atoms with van der Waals surface area (Å²) in [7, 11) is 3.76. The van der Waals surface area contributed by atoms with Crippen molar-refractivity contribution in [1.29, 1.82) is 0 Å². The number of hydrogen-bond donors (Lipinski definition) is 1. The zero-order valence-electron chi connectivity index (χ0n) is 10.8. The Morgan fingerprint density at radius 2 is 2.06 bits per heavy atom. The number of hydrogen-bond acceptors (Lipinski definition) is 2. The van der Waals surface area contributed by atoms with Gasteiger partial charge in [-0.15, -0.1) is 0 Å². The summed E-state index contributed by atoms with van der Waals surface area (Å²) in [5, 5.41) is 3.33. The van der Waals surface area contributed by atoms with Crippen LogP contribution in [0.4, 0.5) is 0 Å². The fourth-order valence-corrected chi connectivity index (χ4v) is 1.93. The van der Waals surface area contributed by atoms with E-state index in [1.807, 2.05) is 7.05 Å². The molecule has 1 atom stereocenters. The summed E-state index contributed by atoms with van der Waals surface area (Å²) < 4.78 is 5.41. The Labute approximate surface area is 99.0 Å². The minimum absolute atomic E-state index is 0.529. The molecule has 1 N–H and O–H groups in total. The van der Waals surface area contributed by atoms with Gasteiger partial charge in [0.15, 0.2) is 0 Å². The first-order valence-electron chi connectivity index (χ1n) is 6.08. The molecule has 0 fully saturated rings. The minimum atomic E-state index is 0.529. The summed E-state index contributed by atoms with van der Waals surface area (Å²) in [4.78, 5) is 0. The molecule has 2 heteroatoms. The predicted octanol–water partition coefficient (Wildman–Crippen LogP) is 2.80. The first kappa shape index (κ1) is 13.0. The highest BCUT2D eigenvalue weighted by atomic mass is 16.5. The average Bonchev–Trinajstić information content (AvgIpc) is 2.35. The summed E-state index contributed by atoms with van der Waals surface area (Å²) in [5.41, 5.74) is 2.69. The van der Waals surface area contributed by atoms with Gasteiger partial charge in [0.2, 0.25) is 0 Å². The molecule has 2 nitrogen and oxygen atoms in total. The van der Waals surface area contributed by atoms with Crippen LogP contribution in [0.5, 0.6) is 5.75 Å². The zero-order valence-corrected chi connectivity index (χ0v) is 10.8. The molecule has 0 amide bonds. The van der Waals surface area contributed by atoms with Gasteiger partial charge in [-0.3, -0.25) is 0 Å². The van der Waals surface area contributed by atoms with Crippen molar-refractivity contribution in [2.24, 2.45) is 0 Å². The SMILES string of the molecule is CCc1ccc(OC)c(CC(CC)NC)c1. The molecule has 1 unspecified atom stereocenters. The molecule has 0 saturated heterocycles. The third kappa shape index (κ3) is 3.24. The normalized spacial score (nSPS) is 12.5. The van der Waals surface area contributed by atoms with E-state index in [2.05, 4.69) is 37.4 Å². The molecule has 0 aliphatic carbocycles. The van der Waals surface area contributed by atoms with E-state index in [-0.39, 0.29) is 0 Å². The summed E-state index contributed by atoms with van der Waals surface area (Å²) in [6, 6.07) is 7.01. The first-order valence-corrected chi connectivity index (χ1v) is 6.08. The van der Waals surface area contributed by atoms with E-state index in [1.165, 1.54) is 11.1 Å². The van der Waals surface area contributed by atoms with Gasteiger partial charge in [0.25, 0.3) is 0 Å². The Bertz CT molecular complexity index is 319. The van der Waals surface area contributed by atoms with Gasteiger partial charge < -0.3 is 10.1 Å². The van der Waals surface area contributed by atoms with Gasteiger partial charge in [0, 0.05) is 6.04 Å². The van der Waals surface area contributed by atoms with E-state index in [0.29, 0.717) is 6.04 Å². The van der Waals surface area contributed by atoms with Gasteiger partial charge in [-0.1, -0.05) is 26.0 Å². The van der Waals surface area contributed by atoms with Gasteiger partial charge in [-0.2, -0.15) is 0 Å². The maximum Gasteiger partial charge on any atom is 0.122 e. The molecule has 0 bridgehead atoms. The van der Waals surface area contributed by atoms with Crippen LogP contribution in [0.1, 0.15) is 31.4 Å². The lowest BCUT2D eigenvalue weighted by Gasteiger charge is -2.16. The Kier molecular flexibility index (Phi) is 5.33. The summed E-state index contributed by atoms with van der Waals surface area (Å²) in [6.07, 6.45) is 3.24. The highest BCUT2D eigenvalue weighted by molar-refractivity contribution is 5.37. The van der Waals surface area contributed by atoms with Crippen LogP contribution in [0, 0.1) is 0 Å². The fourth-order valence-electron chi connectivity index (χ4n) is 1.93. The third-order valence-corrected chi connectivity index (χ3v) is 3.12. The van der Waals surface area contributed by atoms with Crippen LogP contribution in [-0.4, -0.2) is 20.2 Å². The largest absolute Gasteiger partial charge is 0.496 e. The van der Waals surface area contributed by atoms with Gasteiger partial charge in [-0.05, 0) is 43.5 Å². The van der Waals surface area contributed by atoms with Crippen LogP contribution >= 0.6 is 0 Å². The number of nitrogens with one attached hydrogen (secondary N) is 1. The summed E-state index contributed by atoms with van der Waals surface area (Å²) >= 11 is 0. The molecule has 90 valence electrons. The standard InChI is InChI=1S/C14H23NO/c1-5-11-7-8-14(16-4)12(9-11)10-13(6-2)15-3/h7-9,13,15H,5-6,10H2,1-4H3. The zero-order chi connectivity index (χ0) is 12.0. The first-order chi connectivity index (χ1) is 7.74. The predicted molar refractivity (Wildman–Crippen MR) is 69.2 cm³/mol. The van der Waals surface area contributed by atoms with E-state index in [4.69, 9.17) is 4.74 Å². The molecule has 0 aromatic heterocycles. The lowest BCUT2D eigenvalue weighted by atomic mass is 10.00. The topological polar surface area (TPSA) is 21.3 Å². The van der Waals surface area contributed by atoms with Crippen LogP contribution < -0.4 is 10.1 Å². The lowest BCUT2D eigenvalue weighted by Crippen LogP contribution is -2.26. The second kappa shape index (κ2) is 6.54. The van der Waals surface area contributed by atoms with Crippen LogP contribution in [0.15, 0.2) is 18.2 Å². The number of likely N-dealkylation sites (N-methyl/N-ethyl adjacent to an activating group) is 1. The number of methoxy groups -OCH3 is 1. The number of aryl methyl sites for hydroxylation is 1. The third-order valence-electron chi connectivity index (χ3n) is 3.12. The molecule has 0 aliphatic heterocycles. The van der Waals surface area contributed by atoms with Crippen molar-refractivity contribution in [3.05, 3.63) is 29.3 Å². The Balaban J connectivity index is 2.90. The average molecular weight is 221 g/mol. The number of rotatable bonds is 6. The molecule has 1 aromatic carbocycles. The van der Waals surface area contributed by atoms with E-state index < -0.39 is 0 Å². The van der Waals surface area contributed by atoms with E-state index in [9.17, 15) is 0 Å². The van der Waals surface area contributed by atoms with Crippen LogP contribution in [-0.2, 0) is 12.8 Å². The van der Waals surface area contributed by atoms with Crippen molar-refractivity contribution >= 4 is 0 Å².